The summed E-state index contributed by atoms with van der Waals surface area (Å²) in [7, 11) is 0. The third-order valence-electron chi connectivity index (χ3n) is 2.74. The van der Waals surface area contributed by atoms with E-state index < -0.39 is 11.8 Å². The van der Waals surface area contributed by atoms with E-state index in [4.69, 9.17) is 0 Å². The molecule has 19 heavy (non-hydrogen) atoms. The Morgan fingerprint density at radius 1 is 1.32 bits per heavy atom. The van der Waals surface area contributed by atoms with Crippen LogP contribution in [-0.2, 0) is 9.59 Å². The van der Waals surface area contributed by atoms with Crippen LogP contribution in [0.2, 0.25) is 0 Å². The Balaban J connectivity index is 2.79. The molecule has 0 aliphatic rings. The van der Waals surface area contributed by atoms with E-state index in [9.17, 15) is 9.59 Å². The summed E-state index contributed by atoms with van der Waals surface area (Å²) in [6.45, 7) is 8.77. The lowest BCUT2D eigenvalue weighted by Crippen LogP contribution is -2.44. The van der Waals surface area contributed by atoms with Crippen LogP contribution in [0.5, 0.6) is 0 Å². The van der Waals surface area contributed by atoms with Gasteiger partial charge in [-0.1, -0.05) is 26.0 Å². The van der Waals surface area contributed by atoms with Gasteiger partial charge in [-0.3, -0.25) is 9.59 Å². The van der Waals surface area contributed by atoms with Crippen molar-refractivity contribution in [2.24, 2.45) is 5.92 Å². The molecule has 0 heterocycles. The Kier molecular flexibility index (Phi) is 5.55. The largest absolute Gasteiger partial charge is 0.348 e. The van der Waals surface area contributed by atoms with Gasteiger partial charge in [0.15, 0.2) is 0 Å². The zero-order chi connectivity index (χ0) is 14.4. The number of anilines is 1. The number of aryl methyl sites for hydroxylation is 1. The van der Waals surface area contributed by atoms with Gasteiger partial charge in [-0.05, 0) is 37.5 Å². The number of amides is 2. The normalized spacial score (nSPS) is 10.4. The van der Waals surface area contributed by atoms with Crippen LogP contribution in [0.1, 0.15) is 26.3 Å². The number of nitrogens with zero attached hydrogens (tertiary/aromatic N) is 1. The Bertz CT molecular complexity index is 455. The Morgan fingerprint density at radius 3 is 2.53 bits per heavy atom. The fraction of sp³-hybridized carbons (Fsp3) is 0.467. The van der Waals surface area contributed by atoms with Gasteiger partial charge < -0.3 is 10.2 Å². The highest BCUT2D eigenvalue weighted by Crippen LogP contribution is 2.15. The van der Waals surface area contributed by atoms with Crippen LogP contribution in [0, 0.1) is 12.8 Å². The first-order valence-corrected chi connectivity index (χ1v) is 6.62. The summed E-state index contributed by atoms with van der Waals surface area (Å²) in [5, 5.41) is 2.65. The van der Waals surface area contributed by atoms with Crippen LogP contribution >= 0.6 is 0 Å². The molecule has 0 fully saturated rings. The minimum atomic E-state index is -0.544. The maximum atomic E-state index is 12.1. The first kappa shape index (κ1) is 15.2. The molecule has 4 heteroatoms. The van der Waals surface area contributed by atoms with Crippen molar-refractivity contribution in [3.05, 3.63) is 29.8 Å². The van der Waals surface area contributed by atoms with Gasteiger partial charge in [0.05, 0.1) is 0 Å². The van der Waals surface area contributed by atoms with Crippen molar-refractivity contribution < 1.29 is 9.59 Å². The molecular weight excluding hydrogens is 240 g/mol. The van der Waals surface area contributed by atoms with Crippen molar-refractivity contribution in [2.75, 3.05) is 18.0 Å². The smallest absolute Gasteiger partial charge is 0.316 e. The number of hydrogen-bond acceptors (Lipinski definition) is 2. The topological polar surface area (TPSA) is 49.4 Å². The lowest BCUT2D eigenvalue weighted by molar-refractivity contribution is -0.137. The lowest BCUT2D eigenvalue weighted by Gasteiger charge is -2.21. The molecular formula is C15H22N2O2. The fourth-order valence-corrected chi connectivity index (χ4v) is 1.73. The number of nitrogens with one attached hydrogen (secondary N) is 1. The Morgan fingerprint density at radius 2 is 2.00 bits per heavy atom. The quantitative estimate of drug-likeness (QED) is 0.845. The summed E-state index contributed by atoms with van der Waals surface area (Å²) in [6, 6.07) is 7.58. The molecule has 0 aliphatic carbocycles. The molecule has 0 unspecified atom stereocenters. The van der Waals surface area contributed by atoms with Crippen molar-refractivity contribution in [1.29, 1.82) is 0 Å². The summed E-state index contributed by atoms with van der Waals surface area (Å²) in [4.78, 5) is 25.4. The van der Waals surface area contributed by atoms with Crippen LogP contribution in [-0.4, -0.2) is 24.9 Å². The van der Waals surface area contributed by atoms with Gasteiger partial charge in [0.25, 0.3) is 0 Å². The third-order valence-corrected chi connectivity index (χ3v) is 2.74. The number of hydrogen-bond donors (Lipinski definition) is 1. The fourth-order valence-electron chi connectivity index (χ4n) is 1.73. The summed E-state index contributed by atoms with van der Waals surface area (Å²) < 4.78 is 0. The Labute approximate surface area is 114 Å². The summed E-state index contributed by atoms with van der Waals surface area (Å²) in [5.41, 5.74) is 1.82. The van der Waals surface area contributed by atoms with Crippen LogP contribution in [0.25, 0.3) is 0 Å². The lowest BCUT2D eigenvalue weighted by atomic mass is 10.2. The van der Waals surface area contributed by atoms with Crippen LogP contribution < -0.4 is 10.2 Å². The predicted molar refractivity (Wildman–Crippen MR) is 77.1 cm³/mol. The molecule has 0 aromatic heterocycles. The zero-order valence-electron chi connectivity index (χ0n) is 12.1. The van der Waals surface area contributed by atoms with Crippen molar-refractivity contribution >= 4 is 17.5 Å². The maximum absolute atomic E-state index is 12.1. The minimum Gasteiger partial charge on any atom is -0.348 e. The van der Waals surface area contributed by atoms with Crippen LogP contribution in [0.4, 0.5) is 5.69 Å². The molecule has 2 amide bonds. The number of carbonyl (C=O) groups is 2. The highest BCUT2D eigenvalue weighted by atomic mass is 16.2. The minimum absolute atomic E-state index is 0.325. The van der Waals surface area contributed by atoms with Gasteiger partial charge in [0.2, 0.25) is 0 Å². The van der Waals surface area contributed by atoms with E-state index in [0.29, 0.717) is 19.0 Å². The van der Waals surface area contributed by atoms with E-state index in [2.05, 4.69) is 5.32 Å². The molecule has 0 atom stereocenters. The SMILES string of the molecule is CCN(C(=O)C(=O)NCC(C)C)c1cccc(C)c1. The van der Waals surface area contributed by atoms with Crippen LogP contribution in [0.15, 0.2) is 24.3 Å². The second-order valence-corrected chi connectivity index (χ2v) is 4.99. The summed E-state index contributed by atoms with van der Waals surface area (Å²) in [6.07, 6.45) is 0. The van der Waals surface area contributed by atoms with E-state index in [0.717, 1.165) is 11.3 Å². The van der Waals surface area contributed by atoms with Gasteiger partial charge in [-0.15, -0.1) is 0 Å². The molecule has 0 bridgehead atoms. The number of benzene rings is 1. The van der Waals surface area contributed by atoms with Gasteiger partial charge in [-0.25, -0.2) is 0 Å². The molecule has 0 saturated heterocycles. The van der Waals surface area contributed by atoms with Gasteiger partial charge in [0.1, 0.15) is 0 Å². The molecule has 0 aliphatic heterocycles. The molecule has 104 valence electrons. The van der Waals surface area contributed by atoms with Gasteiger partial charge in [0, 0.05) is 18.8 Å². The molecule has 1 aromatic rings. The standard InChI is InChI=1S/C15H22N2O2/c1-5-17(13-8-6-7-12(4)9-13)15(19)14(18)16-10-11(2)3/h6-9,11H,5,10H2,1-4H3,(H,16,18). The molecule has 0 saturated carbocycles. The first-order valence-electron chi connectivity index (χ1n) is 6.62. The van der Waals surface area contributed by atoms with Crippen molar-refractivity contribution in [3.8, 4) is 0 Å². The highest BCUT2D eigenvalue weighted by molar-refractivity contribution is 6.40. The van der Waals surface area contributed by atoms with Crippen molar-refractivity contribution in [1.82, 2.24) is 5.32 Å². The van der Waals surface area contributed by atoms with E-state index in [-0.39, 0.29) is 0 Å². The second kappa shape index (κ2) is 6.92. The molecule has 0 radical (unpaired) electrons. The highest BCUT2D eigenvalue weighted by Gasteiger charge is 2.21. The van der Waals surface area contributed by atoms with Gasteiger partial charge >= 0.3 is 11.8 Å². The molecule has 1 aromatic carbocycles. The van der Waals surface area contributed by atoms with E-state index in [1.165, 1.54) is 4.90 Å². The number of carbonyl (C=O) groups excluding carboxylic acids is 2. The van der Waals surface area contributed by atoms with Crippen molar-refractivity contribution in [2.45, 2.75) is 27.7 Å². The first-order chi connectivity index (χ1) is 8.95. The van der Waals surface area contributed by atoms with Crippen molar-refractivity contribution in [3.63, 3.8) is 0 Å². The summed E-state index contributed by atoms with van der Waals surface area (Å²) in [5.74, 6) is -0.725. The number of likely N-dealkylation sites (N-methyl/N-ethyl adjacent to an activating group) is 1. The molecule has 1 rings (SSSR count). The van der Waals surface area contributed by atoms with E-state index >= 15 is 0 Å². The average Bonchev–Trinajstić information content (AvgIpc) is 2.36. The molecule has 1 N–H and O–H groups in total. The maximum Gasteiger partial charge on any atom is 0.316 e. The second-order valence-electron chi connectivity index (χ2n) is 4.99. The molecule has 4 nitrogen and oxygen atoms in total. The predicted octanol–water partition coefficient (Wildman–Crippen LogP) is 2.12. The Hall–Kier alpha value is -1.84. The zero-order valence-corrected chi connectivity index (χ0v) is 12.1. The van der Waals surface area contributed by atoms with Crippen LogP contribution in [0.3, 0.4) is 0 Å². The average molecular weight is 262 g/mol. The van der Waals surface area contributed by atoms with E-state index in [1.54, 1.807) is 0 Å². The number of rotatable bonds is 4. The van der Waals surface area contributed by atoms with E-state index in [1.807, 2.05) is 52.0 Å². The monoisotopic (exact) mass is 262 g/mol. The van der Waals surface area contributed by atoms with Gasteiger partial charge in [-0.2, -0.15) is 0 Å². The third kappa shape index (κ3) is 4.39. The molecule has 0 spiro atoms. The summed E-state index contributed by atoms with van der Waals surface area (Å²) >= 11 is 0.